The number of anilines is 1. The Balaban J connectivity index is 1.74. The van der Waals surface area contributed by atoms with Gasteiger partial charge in [0, 0.05) is 18.8 Å². The topological polar surface area (TPSA) is 46.1 Å². The van der Waals surface area contributed by atoms with Crippen molar-refractivity contribution in [2.75, 3.05) is 25.1 Å². The molecule has 2 aromatic rings. The maximum Gasteiger partial charge on any atom is 0.143 e. The van der Waals surface area contributed by atoms with Gasteiger partial charge in [-0.3, -0.25) is 0 Å². The number of hydrogen-bond acceptors (Lipinski definition) is 5. The minimum Gasteiger partial charge on any atom is -0.497 e. The molecule has 0 spiro atoms. The van der Waals surface area contributed by atoms with E-state index in [1.807, 2.05) is 43.5 Å². The van der Waals surface area contributed by atoms with E-state index in [2.05, 4.69) is 53.3 Å². The molecule has 1 heterocycles. The lowest BCUT2D eigenvalue weighted by Crippen LogP contribution is -2.45. The second-order valence-corrected chi connectivity index (χ2v) is 7.08. The maximum atomic E-state index is 6.29. The molecule has 29 heavy (non-hydrogen) atoms. The average molecular weight is 394 g/mol. The van der Waals surface area contributed by atoms with Crippen LogP contribution >= 0.6 is 0 Å². The largest absolute Gasteiger partial charge is 0.497 e. The predicted octanol–water partition coefficient (Wildman–Crippen LogP) is 4.96. The predicted molar refractivity (Wildman–Crippen MR) is 120 cm³/mol. The van der Waals surface area contributed by atoms with Gasteiger partial charge in [0.05, 0.1) is 19.3 Å². The number of allylic oxidation sites excluding steroid dienone is 1. The van der Waals surface area contributed by atoms with Gasteiger partial charge in [0.2, 0.25) is 0 Å². The van der Waals surface area contributed by atoms with E-state index in [9.17, 15) is 0 Å². The molecule has 0 aliphatic carbocycles. The normalized spacial score (nSPS) is 17.7. The smallest absolute Gasteiger partial charge is 0.143 e. The minimum absolute atomic E-state index is 0.0188. The van der Waals surface area contributed by atoms with E-state index in [0.29, 0.717) is 0 Å². The number of aliphatic imine (C=N–C) groups is 1. The first kappa shape index (κ1) is 20.9. The highest BCUT2D eigenvalue weighted by atomic mass is 16.5. The zero-order valence-electron chi connectivity index (χ0n) is 17.8. The van der Waals surface area contributed by atoms with Crippen LogP contribution in [0.5, 0.6) is 11.5 Å². The van der Waals surface area contributed by atoms with Gasteiger partial charge in [-0.15, -0.1) is 0 Å². The number of ether oxygens (including phenoxy) is 2. The number of nitrogens with zero attached hydrogens (tertiary/aromatic N) is 2. The maximum absolute atomic E-state index is 6.29. The molecular weight excluding hydrogens is 362 g/mol. The Kier molecular flexibility index (Phi) is 7.30. The van der Waals surface area contributed by atoms with E-state index in [1.54, 1.807) is 7.11 Å². The first-order valence-corrected chi connectivity index (χ1v) is 10.3. The Morgan fingerprint density at radius 2 is 2.14 bits per heavy atom. The molecule has 1 aliphatic rings. The third kappa shape index (κ3) is 5.18. The fraction of sp³-hybridized carbons (Fsp3) is 0.375. The van der Waals surface area contributed by atoms with Crippen molar-refractivity contribution in [3.8, 4) is 11.5 Å². The highest BCUT2D eigenvalue weighted by molar-refractivity contribution is 5.65. The first-order chi connectivity index (χ1) is 14.2. The van der Waals surface area contributed by atoms with E-state index in [-0.39, 0.29) is 12.1 Å². The molecule has 0 aromatic heterocycles. The third-order valence-electron chi connectivity index (χ3n) is 5.01. The van der Waals surface area contributed by atoms with Gasteiger partial charge >= 0.3 is 0 Å². The molecule has 1 unspecified atom stereocenters. The lowest BCUT2D eigenvalue weighted by molar-refractivity contribution is 0.188. The summed E-state index contributed by atoms with van der Waals surface area (Å²) in [4.78, 5) is 6.86. The van der Waals surface area contributed by atoms with Gasteiger partial charge in [0.15, 0.2) is 0 Å². The summed E-state index contributed by atoms with van der Waals surface area (Å²) in [6.07, 6.45) is 4.95. The van der Waals surface area contributed by atoms with Crippen LogP contribution in [0.2, 0.25) is 0 Å². The molecule has 2 aromatic carbocycles. The van der Waals surface area contributed by atoms with Gasteiger partial charge in [0.1, 0.15) is 23.4 Å². The quantitative estimate of drug-likeness (QED) is 0.644. The molecule has 2 atom stereocenters. The van der Waals surface area contributed by atoms with Crippen LogP contribution < -0.4 is 19.7 Å². The van der Waals surface area contributed by atoms with Crippen molar-refractivity contribution in [1.82, 2.24) is 5.32 Å². The van der Waals surface area contributed by atoms with E-state index in [4.69, 9.17) is 9.47 Å². The molecule has 1 N–H and O–H groups in total. The van der Waals surface area contributed by atoms with Crippen LogP contribution in [0.15, 0.2) is 65.4 Å². The summed E-state index contributed by atoms with van der Waals surface area (Å²) >= 11 is 0. The monoisotopic (exact) mass is 393 g/mol. The van der Waals surface area contributed by atoms with Crippen molar-refractivity contribution in [3.05, 3.63) is 66.0 Å². The fourth-order valence-corrected chi connectivity index (χ4v) is 3.51. The third-order valence-corrected chi connectivity index (χ3v) is 5.01. The summed E-state index contributed by atoms with van der Waals surface area (Å²) in [6.45, 7) is 7.72. The van der Waals surface area contributed by atoms with Gasteiger partial charge in [-0.2, -0.15) is 0 Å². The first-order valence-electron chi connectivity index (χ1n) is 10.3. The summed E-state index contributed by atoms with van der Waals surface area (Å²) in [6, 6.07) is 16.5. The second kappa shape index (κ2) is 10.1. The van der Waals surface area contributed by atoms with Gasteiger partial charge in [-0.25, -0.2) is 4.99 Å². The standard InChI is InChI=1S/C24H31N3O2/c1-5-10-24(25-6-2)27-17-21(29-23-14-8-7-13-22(23)27)16-26-18(3)19-11-9-12-20(15-19)28-4/h6-15,18,21,26H,5,16-17H2,1-4H3/b24-10+,25-6-/t18-,21?/m1/s1. The molecule has 154 valence electrons. The molecule has 0 fully saturated rings. The Morgan fingerprint density at radius 3 is 2.90 bits per heavy atom. The Hall–Kier alpha value is -2.79. The lowest BCUT2D eigenvalue weighted by atomic mass is 10.1. The SMILES string of the molecule is C/C=N\C(=C/CC)N1CC(CN[C@H](C)c2cccc(OC)c2)Oc2ccccc21. The van der Waals surface area contributed by atoms with Crippen molar-refractivity contribution in [2.45, 2.75) is 39.3 Å². The molecule has 1 aliphatic heterocycles. The molecule has 0 amide bonds. The summed E-state index contributed by atoms with van der Waals surface area (Å²) in [5.74, 6) is 2.74. The molecule has 0 saturated heterocycles. The number of nitrogens with one attached hydrogen (secondary N) is 1. The minimum atomic E-state index is 0.0188. The van der Waals surface area contributed by atoms with Crippen molar-refractivity contribution in [1.29, 1.82) is 0 Å². The molecule has 0 saturated carbocycles. The van der Waals surface area contributed by atoms with Crippen molar-refractivity contribution >= 4 is 11.9 Å². The van der Waals surface area contributed by atoms with E-state index >= 15 is 0 Å². The number of rotatable bonds is 8. The van der Waals surface area contributed by atoms with Crippen LogP contribution in [0.4, 0.5) is 5.69 Å². The number of methoxy groups -OCH3 is 1. The highest BCUT2D eigenvalue weighted by Gasteiger charge is 2.27. The molecule has 5 heteroatoms. The Morgan fingerprint density at radius 1 is 1.31 bits per heavy atom. The molecule has 0 radical (unpaired) electrons. The van der Waals surface area contributed by atoms with Crippen LogP contribution in [0.25, 0.3) is 0 Å². The molecule has 0 bridgehead atoms. The summed E-state index contributed by atoms with van der Waals surface area (Å²) in [5.41, 5.74) is 2.26. The van der Waals surface area contributed by atoms with E-state index in [0.717, 1.165) is 42.5 Å². The van der Waals surface area contributed by atoms with Gasteiger partial charge < -0.3 is 19.7 Å². The lowest BCUT2D eigenvalue weighted by Gasteiger charge is -2.36. The van der Waals surface area contributed by atoms with Crippen LogP contribution in [0, 0.1) is 0 Å². The van der Waals surface area contributed by atoms with Gasteiger partial charge in [-0.05, 0) is 56.2 Å². The Labute approximate surface area is 174 Å². The van der Waals surface area contributed by atoms with Crippen molar-refractivity contribution < 1.29 is 9.47 Å². The van der Waals surface area contributed by atoms with Crippen LogP contribution in [-0.4, -0.2) is 32.5 Å². The average Bonchev–Trinajstić information content (AvgIpc) is 2.76. The second-order valence-electron chi connectivity index (χ2n) is 7.08. The number of para-hydroxylation sites is 2. The van der Waals surface area contributed by atoms with Gasteiger partial charge in [0.25, 0.3) is 0 Å². The number of hydrogen-bond donors (Lipinski definition) is 1. The molecule has 5 nitrogen and oxygen atoms in total. The van der Waals surface area contributed by atoms with Crippen molar-refractivity contribution in [3.63, 3.8) is 0 Å². The summed E-state index contributed by atoms with van der Waals surface area (Å²) in [7, 11) is 1.69. The zero-order valence-corrected chi connectivity index (χ0v) is 17.8. The zero-order chi connectivity index (χ0) is 20.6. The summed E-state index contributed by atoms with van der Waals surface area (Å²) < 4.78 is 11.6. The van der Waals surface area contributed by atoms with Crippen LogP contribution in [-0.2, 0) is 0 Å². The van der Waals surface area contributed by atoms with Crippen molar-refractivity contribution in [2.24, 2.45) is 4.99 Å². The molecular formula is C24H31N3O2. The highest BCUT2D eigenvalue weighted by Crippen LogP contribution is 2.35. The number of benzene rings is 2. The fourth-order valence-electron chi connectivity index (χ4n) is 3.51. The Bertz CT molecular complexity index is 863. The molecule has 3 rings (SSSR count). The number of fused-ring (bicyclic) bond motifs is 1. The van der Waals surface area contributed by atoms with Gasteiger partial charge in [-0.1, -0.05) is 31.2 Å². The summed E-state index contributed by atoms with van der Waals surface area (Å²) in [5, 5.41) is 3.61. The van der Waals surface area contributed by atoms with Crippen LogP contribution in [0.3, 0.4) is 0 Å². The van der Waals surface area contributed by atoms with E-state index < -0.39 is 0 Å². The van der Waals surface area contributed by atoms with E-state index in [1.165, 1.54) is 5.56 Å². The van der Waals surface area contributed by atoms with Crippen LogP contribution in [0.1, 0.15) is 38.8 Å².